The highest BCUT2D eigenvalue weighted by molar-refractivity contribution is 6.06. The van der Waals surface area contributed by atoms with E-state index in [9.17, 15) is 9.59 Å². The first-order valence-electron chi connectivity index (χ1n) is 7.16. The van der Waals surface area contributed by atoms with E-state index in [0.29, 0.717) is 16.8 Å². The quantitative estimate of drug-likeness (QED) is 0.747. The van der Waals surface area contributed by atoms with Crippen molar-refractivity contribution in [2.75, 3.05) is 12.4 Å². The molecule has 0 aromatic heterocycles. The Bertz CT molecular complexity index is 886. The van der Waals surface area contributed by atoms with E-state index < -0.39 is 5.97 Å². The molecule has 0 aliphatic rings. The number of anilines is 1. The molecular weight excluding hydrogens is 290 g/mol. The third-order valence-corrected chi connectivity index (χ3v) is 3.55. The van der Waals surface area contributed by atoms with E-state index in [0.717, 1.165) is 10.8 Å². The molecule has 0 saturated carbocycles. The highest BCUT2D eigenvalue weighted by Gasteiger charge is 2.09. The molecule has 3 aromatic carbocycles. The van der Waals surface area contributed by atoms with Crippen molar-refractivity contribution < 1.29 is 14.3 Å². The van der Waals surface area contributed by atoms with Crippen LogP contribution in [0.25, 0.3) is 10.8 Å². The third kappa shape index (κ3) is 3.21. The van der Waals surface area contributed by atoms with E-state index in [-0.39, 0.29) is 5.91 Å². The smallest absolute Gasteiger partial charge is 0.337 e. The molecular formula is C19H15NO3. The number of nitrogens with one attached hydrogen (secondary N) is 1. The van der Waals surface area contributed by atoms with Crippen molar-refractivity contribution in [3.63, 3.8) is 0 Å². The highest BCUT2D eigenvalue weighted by Crippen LogP contribution is 2.17. The van der Waals surface area contributed by atoms with Crippen molar-refractivity contribution in [3.05, 3.63) is 77.9 Å². The highest BCUT2D eigenvalue weighted by atomic mass is 16.5. The molecule has 1 amide bonds. The predicted molar refractivity (Wildman–Crippen MR) is 89.7 cm³/mol. The first-order chi connectivity index (χ1) is 11.2. The zero-order chi connectivity index (χ0) is 16.2. The molecule has 3 aromatic rings. The maximum absolute atomic E-state index is 12.4. The molecule has 0 unspecified atom stereocenters. The minimum atomic E-state index is -0.438. The fourth-order valence-electron chi connectivity index (χ4n) is 2.38. The van der Waals surface area contributed by atoms with Gasteiger partial charge in [0.05, 0.1) is 12.7 Å². The lowest BCUT2D eigenvalue weighted by Gasteiger charge is -2.07. The zero-order valence-corrected chi connectivity index (χ0v) is 12.6. The molecule has 0 atom stereocenters. The normalized spacial score (nSPS) is 10.3. The van der Waals surface area contributed by atoms with Crippen LogP contribution in [0.2, 0.25) is 0 Å². The molecule has 0 saturated heterocycles. The lowest BCUT2D eigenvalue weighted by Crippen LogP contribution is -2.12. The molecule has 114 valence electrons. The van der Waals surface area contributed by atoms with Crippen LogP contribution in [0, 0.1) is 0 Å². The van der Waals surface area contributed by atoms with Crippen molar-refractivity contribution in [1.82, 2.24) is 0 Å². The average Bonchev–Trinajstić information content (AvgIpc) is 2.60. The summed E-state index contributed by atoms with van der Waals surface area (Å²) in [6, 6.07) is 20.0. The monoisotopic (exact) mass is 305 g/mol. The second-order valence-corrected chi connectivity index (χ2v) is 5.09. The molecule has 0 bridgehead atoms. The number of benzene rings is 3. The van der Waals surface area contributed by atoms with E-state index in [1.165, 1.54) is 7.11 Å². The first kappa shape index (κ1) is 14.8. The van der Waals surface area contributed by atoms with Crippen molar-refractivity contribution in [2.24, 2.45) is 0 Å². The number of amides is 1. The Kier molecular flexibility index (Phi) is 4.06. The lowest BCUT2D eigenvalue weighted by atomic mass is 10.1. The van der Waals surface area contributed by atoms with Gasteiger partial charge in [0, 0.05) is 11.3 Å². The summed E-state index contributed by atoms with van der Waals surface area (Å²) >= 11 is 0. The molecule has 0 spiro atoms. The number of fused-ring (bicyclic) bond motifs is 1. The van der Waals surface area contributed by atoms with Crippen LogP contribution in [0.3, 0.4) is 0 Å². The summed E-state index contributed by atoms with van der Waals surface area (Å²) in [5, 5.41) is 4.88. The van der Waals surface area contributed by atoms with Gasteiger partial charge in [-0.2, -0.15) is 0 Å². The Morgan fingerprint density at radius 2 is 1.61 bits per heavy atom. The van der Waals surface area contributed by atoms with Crippen molar-refractivity contribution in [3.8, 4) is 0 Å². The van der Waals surface area contributed by atoms with Gasteiger partial charge in [0.2, 0.25) is 0 Å². The van der Waals surface area contributed by atoms with Gasteiger partial charge in [-0.15, -0.1) is 0 Å². The van der Waals surface area contributed by atoms with Gasteiger partial charge in [-0.3, -0.25) is 4.79 Å². The molecule has 3 rings (SSSR count). The fourth-order valence-corrected chi connectivity index (χ4v) is 2.38. The van der Waals surface area contributed by atoms with Crippen LogP contribution in [-0.2, 0) is 4.74 Å². The van der Waals surface area contributed by atoms with Crippen LogP contribution in [-0.4, -0.2) is 19.0 Å². The number of ether oxygens (including phenoxy) is 1. The second kappa shape index (κ2) is 6.32. The fraction of sp³-hybridized carbons (Fsp3) is 0.0526. The Morgan fingerprint density at radius 1 is 0.826 bits per heavy atom. The topological polar surface area (TPSA) is 55.4 Å². The number of carbonyl (C=O) groups is 2. The van der Waals surface area contributed by atoms with Crippen molar-refractivity contribution in [2.45, 2.75) is 0 Å². The molecule has 1 N–H and O–H groups in total. The van der Waals surface area contributed by atoms with Gasteiger partial charge in [-0.1, -0.05) is 36.4 Å². The molecule has 23 heavy (non-hydrogen) atoms. The summed E-state index contributed by atoms with van der Waals surface area (Å²) in [5.74, 6) is -0.662. The molecule has 0 aliphatic carbocycles. The molecule has 0 radical (unpaired) electrons. The predicted octanol–water partition coefficient (Wildman–Crippen LogP) is 3.88. The number of hydrogen-bond acceptors (Lipinski definition) is 3. The van der Waals surface area contributed by atoms with Crippen LogP contribution in [0.15, 0.2) is 66.7 Å². The molecule has 4 heteroatoms. The van der Waals surface area contributed by atoms with Crippen LogP contribution < -0.4 is 5.32 Å². The third-order valence-electron chi connectivity index (χ3n) is 3.55. The second-order valence-electron chi connectivity index (χ2n) is 5.09. The Morgan fingerprint density at radius 3 is 2.39 bits per heavy atom. The SMILES string of the molecule is COC(=O)c1cccc(NC(=O)c2ccc3ccccc3c2)c1. The van der Waals surface area contributed by atoms with Gasteiger partial charge in [-0.05, 0) is 41.1 Å². The Labute approximate surface area is 133 Å². The molecule has 4 nitrogen and oxygen atoms in total. The van der Waals surface area contributed by atoms with Gasteiger partial charge in [0.1, 0.15) is 0 Å². The maximum atomic E-state index is 12.4. The van der Waals surface area contributed by atoms with Crippen molar-refractivity contribution >= 4 is 28.3 Å². The summed E-state index contributed by atoms with van der Waals surface area (Å²) in [7, 11) is 1.32. The van der Waals surface area contributed by atoms with E-state index in [1.54, 1.807) is 30.3 Å². The summed E-state index contributed by atoms with van der Waals surface area (Å²) < 4.78 is 4.68. The largest absolute Gasteiger partial charge is 0.465 e. The van der Waals surface area contributed by atoms with Gasteiger partial charge >= 0.3 is 5.97 Å². The van der Waals surface area contributed by atoms with E-state index in [1.807, 2.05) is 36.4 Å². The average molecular weight is 305 g/mol. The minimum Gasteiger partial charge on any atom is -0.465 e. The van der Waals surface area contributed by atoms with E-state index >= 15 is 0 Å². The maximum Gasteiger partial charge on any atom is 0.337 e. The Hall–Kier alpha value is -3.14. The Balaban J connectivity index is 1.84. The van der Waals surface area contributed by atoms with Gasteiger partial charge < -0.3 is 10.1 Å². The number of esters is 1. The van der Waals surface area contributed by atoms with Gasteiger partial charge in [0.15, 0.2) is 0 Å². The molecule has 0 fully saturated rings. The molecule has 0 aliphatic heterocycles. The number of hydrogen-bond donors (Lipinski definition) is 1. The summed E-state index contributed by atoms with van der Waals surface area (Å²) in [6.07, 6.45) is 0. The van der Waals surface area contributed by atoms with E-state index in [2.05, 4.69) is 10.1 Å². The van der Waals surface area contributed by atoms with Crippen molar-refractivity contribution in [1.29, 1.82) is 0 Å². The zero-order valence-electron chi connectivity index (χ0n) is 12.6. The lowest BCUT2D eigenvalue weighted by molar-refractivity contribution is 0.0600. The number of carbonyl (C=O) groups excluding carboxylic acids is 2. The van der Waals surface area contributed by atoms with Crippen LogP contribution in [0.4, 0.5) is 5.69 Å². The number of rotatable bonds is 3. The van der Waals surface area contributed by atoms with Crippen LogP contribution in [0.1, 0.15) is 20.7 Å². The summed E-state index contributed by atoms with van der Waals surface area (Å²) in [4.78, 5) is 23.9. The summed E-state index contributed by atoms with van der Waals surface area (Å²) in [5.41, 5.74) is 1.50. The van der Waals surface area contributed by atoms with E-state index in [4.69, 9.17) is 0 Å². The standard InChI is InChI=1S/C19H15NO3/c1-23-19(22)16-7-4-8-17(12-16)20-18(21)15-10-9-13-5-2-3-6-14(13)11-15/h2-12H,1H3,(H,20,21). The van der Waals surface area contributed by atoms with Crippen LogP contribution in [0.5, 0.6) is 0 Å². The first-order valence-corrected chi connectivity index (χ1v) is 7.16. The van der Waals surface area contributed by atoms with Crippen LogP contribution >= 0.6 is 0 Å². The van der Waals surface area contributed by atoms with Gasteiger partial charge in [0.25, 0.3) is 5.91 Å². The minimum absolute atomic E-state index is 0.224. The number of methoxy groups -OCH3 is 1. The molecule has 0 heterocycles. The summed E-state index contributed by atoms with van der Waals surface area (Å²) in [6.45, 7) is 0. The van der Waals surface area contributed by atoms with Gasteiger partial charge in [-0.25, -0.2) is 4.79 Å².